The number of piperidine rings is 1. The van der Waals surface area contributed by atoms with E-state index in [9.17, 15) is 13.2 Å². The summed E-state index contributed by atoms with van der Waals surface area (Å²) in [5.41, 5.74) is 0. The van der Waals surface area contributed by atoms with Crippen molar-refractivity contribution >= 4 is 5.96 Å². The van der Waals surface area contributed by atoms with Gasteiger partial charge in [0.15, 0.2) is 5.96 Å². The number of halogens is 3. The standard InChI is InChI=1S/C18H33F3N4/c1-3-22-17(23-13-16-7-5-6-12-25(16)4-2)24-15-10-8-14(9-11-15)18(19,20)21/h14-16H,3-13H2,1-2H3,(H2,22,23,24). The number of aliphatic imine (C=N–C) groups is 1. The van der Waals surface area contributed by atoms with E-state index < -0.39 is 12.1 Å². The predicted molar refractivity (Wildman–Crippen MR) is 95.8 cm³/mol. The lowest BCUT2D eigenvalue weighted by Gasteiger charge is -2.34. The fourth-order valence-corrected chi connectivity index (χ4v) is 3.96. The molecule has 2 aliphatic rings. The van der Waals surface area contributed by atoms with Crippen LogP contribution in [0.15, 0.2) is 4.99 Å². The summed E-state index contributed by atoms with van der Waals surface area (Å²) in [6.07, 6.45) is 1.18. The Morgan fingerprint density at radius 3 is 2.40 bits per heavy atom. The van der Waals surface area contributed by atoms with Crippen LogP contribution in [0.3, 0.4) is 0 Å². The molecule has 0 amide bonds. The van der Waals surface area contributed by atoms with Crippen molar-refractivity contribution in [3.8, 4) is 0 Å². The normalized spacial score (nSPS) is 29.5. The van der Waals surface area contributed by atoms with Gasteiger partial charge in [0.2, 0.25) is 0 Å². The number of likely N-dealkylation sites (N-methyl/N-ethyl adjacent to an activating group) is 1. The van der Waals surface area contributed by atoms with Gasteiger partial charge in [-0.05, 0) is 58.5 Å². The monoisotopic (exact) mass is 362 g/mol. The van der Waals surface area contributed by atoms with Crippen molar-refractivity contribution in [3.63, 3.8) is 0 Å². The molecular weight excluding hydrogens is 329 g/mol. The first kappa shape index (κ1) is 20.3. The summed E-state index contributed by atoms with van der Waals surface area (Å²) < 4.78 is 38.4. The summed E-state index contributed by atoms with van der Waals surface area (Å²) in [5.74, 6) is -0.384. The van der Waals surface area contributed by atoms with Crippen molar-refractivity contribution in [1.82, 2.24) is 15.5 Å². The van der Waals surface area contributed by atoms with Crippen LogP contribution in [0.5, 0.6) is 0 Å². The number of nitrogens with zero attached hydrogens (tertiary/aromatic N) is 2. The van der Waals surface area contributed by atoms with Crippen molar-refractivity contribution in [1.29, 1.82) is 0 Å². The Morgan fingerprint density at radius 1 is 1.08 bits per heavy atom. The molecule has 0 aromatic carbocycles. The van der Waals surface area contributed by atoms with Crippen LogP contribution in [0.1, 0.15) is 58.8 Å². The Balaban J connectivity index is 1.85. The van der Waals surface area contributed by atoms with Gasteiger partial charge < -0.3 is 10.6 Å². The van der Waals surface area contributed by atoms with Crippen LogP contribution >= 0.6 is 0 Å². The molecule has 0 bridgehead atoms. The van der Waals surface area contributed by atoms with Gasteiger partial charge in [-0.15, -0.1) is 0 Å². The SMILES string of the molecule is CCNC(=NCC1CCCCN1CC)NC1CCC(C(F)(F)F)CC1. The number of hydrogen-bond acceptors (Lipinski definition) is 2. The average Bonchev–Trinajstić information content (AvgIpc) is 2.60. The molecule has 1 atom stereocenters. The largest absolute Gasteiger partial charge is 0.391 e. The maximum atomic E-state index is 12.8. The maximum absolute atomic E-state index is 12.8. The van der Waals surface area contributed by atoms with Crippen LogP contribution in [0, 0.1) is 5.92 Å². The zero-order valence-corrected chi connectivity index (χ0v) is 15.5. The molecule has 0 radical (unpaired) electrons. The van der Waals surface area contributed by atoms with Gasteiger partial charge in [0.05, 0.1) is 12.5 Å². The molecule has 0 spiro atoms. The lowest BCUT2D eigenvalue weighted by Crippen LogP contribution is -2.47. The molecule has 1 saturated carbocycles. The topological polar surface area (TPSA) is 39.7 Å². The lowest BCUT2D eigenvalue weighted by atomic mass is 9.85. The number of guanidine groups is 1. The summed E-state index contributed by atoms with van der Waals surface area (Å²) in [5, 5.41) is 6.60. The van der Waals surface area contributed by atoms with Crippen LogP contribution in [0.25, 0.3) is 0 Å². The van der Waals surface area contributed by atoms with Crippen molar-refractivity contribution in [2.75, 3.05) is 26.2 Å². The Labute approximate surface area is 149 Å². The highest BCUT2D eigenvalue weighted by atomic mass is 19.4. The molecule has 1 aliphatic heterocycles. The van der Waals surface area contributed by atoms with E-state index in [0.29, 0.717) is 18.9 Å². The number of likely N-dealkylation sites (tertiary alicyclic amines) is 1. The highest BCUT2D eigenvalue weighted by Crippen LogP contribution is 2.37. The van der Waals surface area contributed by atoms with Gasteiger partial charge in [-0.1, -0.05) is 13.3 Å². The van der Waals surface area contributed by atoms with Crippen LogP contribution in [-0.2, 0) is 0 Å². The molecule has 1 heterocycles. The van der Waals surface area contributed by atoms with Gasteiger partial charge in [0.25, 0.3) is 0 Å². The van der Waals surface area contributed by atoms with Gasteiger partial charge >= 0.3 is 6.18 Å². The third-order valence-electron chi connectivity index (χ3n) is 5.49. The van der Waals surface area contributed by atoms with E-state index >= 15 is 0 Å². The molecule has 2 N–H and O–H groups in total. The first-order valence-electron chi connectivity index (χ1n) is 9.79. The van der Waals surface area contributed by atoms with Crippen molar-refractivity contribution in [3.05, 3.63) is 0 Å². The van der Waals surface area contributed by atoms with Gasteiger partial charge in [0.1, 0.15) is 0 Å². The highest BCUT2D eigenvalue weighted by molar-refractivity contribution is 5.80. The molecule has 2 fully saturated rings. The molecule has 4 nitrogen and oxygen atoms in total. The molecule has 0 aromatic heterocycles. The number of hydrogen-bond donors (Lipinski definition) is 2. The minimum atomic E-state index is -4.05. The van der Waals surface area contributed by atoms with E-state index in [-0.39, 0.29) is 18.9 Å². The van der Waals surface area contributed by atoms with E-state index in [0.717, 1.165) is 32.1 Å². The summed E-state index contributed by atoms with van der Waals surface area (Å²) in [6.45, 7) is 7.89. The van der Waals surface area contributed by atoms with Crippen molar-refractivity contribution in [2.24, 2.45) is 10.9 Å². The zero-order chi connectivity index (χ0) is 18.3. The zero-order valence-electron chi connectivity index (χ0n) is 15.5. The minimum Gasteiger partial charge on any atom is -0.357 e. The number of alkyl halides is 3. The molecule has 25 heavy (non-hydrogen) atoms. The lowest BCUT2D eigenvalue weighted by molar-refractivity contribution is -0.182. The second kappa shape index (κ2) is 9.64. The second-order valence-corrected chi connectivity index (χ2v) is 7.23. The first-order valence-corrected chi connectivity index (χ1v) is 9.79. The Hall–Kier alpha value is -0.980. The Morgan fingerprint density at radius 2 is 1.80 bits per heavy atom. The van der Waals surface area contributed by atoms with E-state index in [1.807, 2.05) is 6.92 Å². The van der Waals surface area contributed by atoms with Gasteiger partial charge in [-0.2, -0.15) is 13.2 Å². The second-order valence-electron chi connectivity index (χ2n) is 7.23. The van der Waals surface area contributed by atoms with Gasteiger partial charge in [-0.25, -0.2) is 0 Å². The van der Waals surface area contributed by atoms with E-state index in [1.54, 1.807) is 0 Å². The molecule has 1 unspecified atom stereocenters. The summed E-state index contributed by atoms with van der Waals surface area (Å²) >= 11 is 0. The Bertz CT molecular complexity index is 417. The van der Waals surface area contributed by atoms with Crippen molar-refractivity contribution in [2.45, 2.75) is 77.1 Å². The fraction of sp³-hybridized carbons (Fsp3) is 0.944. The molecule has 1 saturated heterocycles. The van der Waals surface area contributed by atoms with E-state index in [2.05, 4.69) is 22.5 Å². The molecule has 0 aromatic rings. The quantitative estimate of drug-likeness (QED) is 0.580. The van der Waals surface area contributed by atoms with Gasteiger partial charge in [-0.3, -0.25) is 9.89 Å². The van der Waals surface area contributed by atoms with Crippen LogP contribution in [0.4, 0.5) is 13.2 Å². The third-order valence-corrected chi connectivity index (χ3v) is 5.49. The number of rotatable bonds is 5. The molecule has 2 rings (SSSR count). The summed E-state index contributed by atoms with van der Waals surface area (Å²) in [4.78, 5) is 7.21. The molecular formula is C18H33F3N4. The third kappa shape index (κ3) is 6.35. The maximum Gasteiger partial charge on any atom is 0.391 e. The average molecular weight is 362 g/mol. The van der Waals surface area contributed by atoms with Gasteiger partial charge in [0, 0.05) is 18.6 Å². The van der Waals surface area contributed by atoms with Crippen LogP contribution in [-0.4, -0.2) is 55.3 Å². The minimum absolute atomic E-state index is 0.0880. The van der Waals surface area contributed by atoms with Crippen LogP contribution in [0.2, 0.25) is 0 Å². The van der Waals surface area contributed by atoms with E-state index in [1.165, 1.54) is 19.3 Å². The van der Waals surface area contributed by atoms with Crippen molar-refractivity contribution < 1.29 is 13.2 Å². The summed E-state index contributed by atoms with van der Waals surface area (Å²) in [6, 6.07) is 0.570. The highest BCUT2D eigenvalue weighted by Gasteiger charge is 2.41. The molecule has 7 heteroatoms. The van der Waals surface area contributed by atoms with E-state index in [4.69, 9.17) is 4.99 Å². The Kier molecular flexibility index (Phi) is 7.84. The first-order chi connectivity index (χ1) is 11.9. The molecule has 1 aliphatic carbocycles. The molecule has 146 valence electrons. The number of nitrogens with one attached hydrogen (secondary N) is 2. The predicted octanol–water partition coefficient (Wildman–Crippen LogP) is 3.54. The smallest absolute Gasteiger partial charge is 0.357 e. The van der Waals surface area contributed by atoms with Crippen LogP contribution < -0.4 is 10.6 Å². The fourth-order valence-electron chi connectivity index (χ4n) is 3.96. The summed E-state index contributed by atoms with van der Waals surface area (Å²) in [7, 11) is 0.